The molecular weight excluding hydrogens is 436 g/mol. The molecule has 0 radical (unpaired) electrons. The molecule has 0 unspecified atom stereocenters. The number of amides is 2. The topological polar surface area (TPSA) is 110 Å². The van der Waals surface area contributed by atoms with Gasteiger partial charge < -0.3 is 10.1 Å². The van der Waals surface area contributed by atoms with Crippen LogP contribution in [-0.4, -0.2) is 31.0 Å². The van der Waals surface area contributed by atoms with Crippen LogP contribution in [0.3, 0.4) is 0 Å². The monoisotopic (exact) mass is 460 g/mol. The van der Waals surface area contributed by atoms with Crippen molar-refractivity contribution >= 4 is 38.0 Å². The van der Waals surface area contributed by atoms with E-state index in [-0.39, 0.29) is 10.6 Å². The van der Waals surface area contributed by atoms with Gasteiger partial charge in [-0.05, 0) is 42.7 Å². The highest BCUT2D eigenvalue weighted by atomic mass is 32.2. The molecule has 2 heterocycles. The number of hydrogen-bond donors (Lipinski definition) is 2. The summed E-state index contributed by atoms with van der Waals surface area (Å²) in [5, 5.41) is 5.69. The summed E-state index contributed by atoms with van der Waals surface area (Å²) >= 11 is 1.10. The number of rotatable bonds is 8. The van der Waals surface area contributed by atoms with E-state index >= 15 is 0 Å². The van der Waals surface area contributed by atoms with E-state index in [1.165, 1.54) is 24.7 Å². The third-order valence-electron chi connectivity index (χ3n) is 4.06. The molecule has 0 aliphatic carbocycles. The first-order chi connectivity index (χ1) is 14.7. The Kier molecular flexibility index (Phi) is 7.24. The van der Waals surface area contributed by atoms with Crippen molar-refractivity contribution in [1.29, 1.82) is 0 Å². The quantitative estimate of drug-likeness (QED) is 0.512. The smallest absolute Gasteiger partial charge is 0.325 e. The average molecular weight is 461 g/mol. The highest BCUT2D eigenvalue weighted by Gasteiger charge is 2.18. The molecule has 0 fully saturated rings. The molecule has 2 amide bonds. The second-order valence-corrected chi connectivity index (χ2v) is 10.5. The predicted octanol–water partition coefficient (Wildman–Crippen LogP) is 4.50. The fraction of sp³-hybridized carbons (Fsp3) is 0.286. The lowest BCUT2D eigenvalue weighted by Gasteiger charge is -2.14. The van der Waals surface area contributed by atoms with Gasteiger partial charge in [-0.15, -0.1) is 11.3 Å². The van der Waals surface area contributed by atoms with Crippen LogP contribution < -0.4 is 15.4 Å². The Morgan fingerprint density at radius 2 is 2.00 bits per heavy atom. The van der Waals surface area contributed by atoms with Gasteiger partial charge in [0.15, 0.2) is 15.0 Å². The van der Waals surface area contributed by atoms with Gasteiger partial charge in [-0.3, -0.25) is 10.3 Å². The first-order valence-corrected chi connectivity index (χ1v) is 12.1. The number of carbonyl (C=O) groups is 1. The summed E-state index contributed by atoms with van der Waals surface area (Å²) in [7, 11) is -3.54. The van der Waals surface area contributed by atoms with Crippen molar-refractivity contribution in [1.82, 2.24) is 9.97 Å². The molecule has 0 bridgehead atoms. The van der Waals surface area contributed by atoms with Crippen molar-refractivity contribution in [2.24, 2.45) is 5.92 Å². The predicted molar refractivity (Wildman–Crippen MR) is 121 cm³/mol. The highest BCUT2D eigenvalue weighted by Crippen LogP contribution is 2.27. The van der Waals surface area contributed by atoms with Gasteiger partial charge >= 0.3 is 6.03 Å². The second-order valence-electron chi connectivity index (χ2n) is 7.36. The van der Waals surface area contributed by atoms with E-state index in [1.807, 2.05) is 32.9 Å². The minimum atomic E-state index is -3.54. The maximum atomic E-state index is 12.5. The number of benzene rings is 1. The zero-order valence-electron chi connectivity index (χ0n) is 17.5. The Labute approximate surface area is 185 Å². The minimum Gasteiger partial charge on any atom is -0.491 e. The van der Waals surface area contributed by atoms with Gasteiger partial charge in [0.2, 0.25) is 0 Å². The van der Waals surface area contributed by atoms with E-state index in [2.05, 4.69) is 20.6 Å². The van der Waals surface area contributed by atoms with Gasteiger partial charge in [-0.1, -0.05) is 19.9 Å². The van der Waals surface area contributed by atoms with Crippen LogP contribution in [0.15, 0.2) is 53.8 Å². The largest absolute Gasteiger partial charge is 0.491 e. The summed E-state index contributed by atoms with van der Waals surface area (Å²) < 4.78 is 30.8. The van der Waals surface area contributed by atoms with Crippen LogP contribution in [0.5, 0.6) is 5.75 Å². The summed E-state index contributed by atoms with van der Waals surface area (Å²) in [4.78, 5) is 21.0. The fourth-order valence-electron chi connectivity index (χ4n) is 2.59. The highest BCUT2D eigenvalue weighted by molar-refractivity contribution is 7.90. The number of aryl methyl sites for hydroxylation is 1. The molecule has 3 rings (SSSR count). The average Bonchev–Trinajstić information content (AvgIpc) is 3.14. The van der Waals surface area contributed by atoms with E-state index in [9.17, 15) is 13.2 Å². The summed E-state index contributed by atoms with van der Waals surface area (Å²) in [6, 6.07) is 8.09. The van der Waals surface area contributed by atoms with Gasteiger partial charge in [0.1, 0.15) is 5.75 Å². The summed E-state index contributed by atoms with van der Waals surface area (Å²) in [6.07, 6.45) is 4.26. The van der Waals surface area contributed by atoms with Crippen LogP contribution in [0.2, 0.25) is 0 Å². The molecule has 31 heavy (non-hydrogen) atoms. The van der Waals surface area contributed by atoms with Gasteiger partial charge in [0, 0.05) is 23.5 Å². The number of urea groups is 1. The number of anilines is 2. The number of thiazole rings is 1. The molecule has 2 aromatic heterocycles. The number of nitrogens with one attached hydrogen (secondary N) is 2. The first-order valence-electron chi connectivity index (χ1n) is 9.62. The number of hydrogen-bond acceptors (Lipinski definition) is 7. The van der Waals surface area contributed by atoms with Gasteiger partial charge in [-0.2, -0.15) is 0 Å². The van der Waals surface area contributed by atoms with E-state index in [0.29, 0.717) is 34.0 Å². The van der Waals surface area contributed by atoms with E-state index in [4.69, 9.17) is 4.74 Å². The van der Waals surface area contributed by atoms with Gasteiger partial charge in [-0.25, -0.2) is 18.2 Å². The molecule has 0 saturated carbocycles. The molecule has 1 aromatic carbocycles. The van der Waals surface area contributed by atoms with Crippen LogP contribution in [0, 0.1) is 12.8 Å². The third-order valence-corrected chi connectivity index (χ3v) is 6.80. The van der Waals surface area contributed by atoms with Crippen LogP contribution in [0.4, 0.5) is 15.6 Å². The van der Waals surface area contributed by atoms with Crippen LogP contribution in [-0.2, 0) is 15.6 Å². The Hall–Kier alpha value is -2.98. The lowest BCUT2D eigenvalue weighted by Crippen LogP contribution is -2.20. The lowest BCUT2D eigenvalue weighted by molar-refractivity contribution is 0.260. The maximum Gasteiger partial charge on any atom is 0.325 e. The van der Waals surface area contributed by atoms with Crippen molar-refractivity contribution < 1.29 is 17.9 Å². The minimum absolute atomic E-state index is 0.143. The molecule has 0 atom stereocenters. The number of sulfone groups is 1. The van der Waals surface area contributed by atoms with Crippen molar-refractivity contribution in [2.45, 2.75) is 31.4 Å². The van der Waals surface area contributed by atoms with Gasteiger partial charge in [0.25, 0.3) is 0 Å². The molecule has 2 N–H and O–H groups in total. The normalized spacial score (nSPS) is 11.4. The zero-order chi connectivity index (χ0) is 22.4. The van der Waals surface area contributed by atoms with Crippen molar-refractivity contribution in [3.8, 4) is 5.75 Å². The number of ether oxygens (including phenoxy) is 1. The molecule has 0 spiro atoms. The molecule has 8 nitrogen and oxygen atoms in total. The summed E-state index contributed by atoms with van der Waals surface area (Å²) in [6.45, 7) is 6.57. The van der Waals surface area contributed by atoms with E-state index in [0.717, 1.165) is 16.9 Å². The summed E-state index contributed by atoms with van der Waals surface area (Å²) in [5.41, 5.74) is 1.56. The number of nitrogens with zero attached hydrogens (tertiary/aromatic N) is 2. The van der Waals surface area contributed by atoms with Crippen LogP contribution in [0.1, 0.15) is 24.3 Å². The fourth-order valence-corrected chi connectivity index (χ4v) is 5.02. The van der Waals surface area contributed by atoms with Crippen molar-refractivity contribution in [3.63, 3.8) is 0 Å². The van der Waals surface area contributed by atoms with Crippen LogP contribution >= 0.6 is 11.3 Å². The van der Waals surface area contributed by atoms with E-state index < -0.39 is 15.9 Å². The van der Waals surface area contributed by atoms with Crippen LogP contribution in [0.25, 0.3) is 0 Å². The molecule has 164 valence electrons. The number of carbonyl (C=O) groups excluding carboxylic acids is 1. The molecule has 0 aliphatic heterocycles. The van der Waals surface area contributed by atoms with E-state index in [1.54, 1.807) is 12.1 Å². The maximum absolute atomic E-state index is 12.5. The number of pyridine rings is 1. The Balaban J connectivity index is 1.64. The zero-order valence-corrected chi connectivity index (χ0v) is 19.1. The Morgan fingerprint density at radius 1 is 1.19 bits per heavy atom. The molecule has 10 heteroatoms. The van der Waals surface area contributed by atoms with Crippen molar-refractivity contribution in [3.05, 3.63) is 59.4 Å². The standard InChI is InChI=1S/C21H24N4O4S2/c1-14(2)12-29-19-9-15(3)6-7-18(19)24-20(26)25-21-23-10-16(30-21)13-31(27,28)17-5-4-8-22-11-17/h4-11,14H,12-13H2,1-3H3,(H2,23,24,25,26). The molecule has 0 saturated heterocycles. The lowest BCUT2D eigenvalue weighted by atomic mass is 10.2. The molecule has 0 aliphatic rings. The first kappa shape index (κ1) is 22.7. The SMILES string of the molecule is Cc1ccc(NC(=O)Nc2ncc(CS(=O)(=O)c3cccnc3)s2)c(OCC(C)C)c1. The third kappa shape index (κ3) is 6.50. The molecule has 3 aromatic rings. The Bertz CT molecular complexity index is 1150. The van der Waals surface area contributed by atoms with Crippen molar-refractivity contribution in [2.75, 3.05) is 17.2 Å². The molecular formula is C21H24N4O4S2. The summed E-state index contributed by atoms with van der Waals surface area (Å²) in [5.74, 6) is 0.718. The Morgan fingerprint density at radius 3 is 2.71 bits per heavy atom. The number of aromatic nitrogens is 2. The van der Waals surface area contributed by atoms with Gasteiger partial charge in [0.05, 0.1) is 22.9 Å². The second kappa shape index (κ2) is 9.88.